The molecular weight excluding hydrogens is 284 g/mol. The van der Waals surface area contributed by atoms with Gasteiger partial charge in [0.05, 0.1) is 18.2 Å². The van der Waals surface area contributed by atoms with E-state index in [9.17, 15) is 9.90 Å². The van der Waals surface area contributed by atoms with Crippen molar-refractivity contribution >= 4 is 22.1 Å². The van der Waals surface area contributed by atoms with Gasteiger partial charge in [-0.2, -0.15) is 5.11 Å². The Bertz CT molecular complexity index is 898. The number of nitrogens with zero attached hydrogens (tertiary/aromatic N) is 2. The summed E-state index contributed by atoms with van der Waals surface area (Å²) in [6.45, 7) is 0. The molecular formula is C16H12N2O4. The van der Waals surface area contributed by atoms with Crippen molar-refractivity contribution in [1.29, 1.82) is 0 Å². The molecule has 1 N–H and O–H groups in total. The summed E-state index contributed by atoms with van der Waals surface area (Å²) in [5.41, 5.74) is -0.130. The van der Waals surface area contributed by atoms with Crippen molar-refractivity contribution in [2.75, 3.05) is 7.11 Å². The molecule has 1 heterocycles. The maximum absolute atomic E-state index is 11.9. The summed E-state index contributed by atoms with van der Waals surface area (Å²) in [4.78, 5) is 11.9. The quantitative estimate of drug-likeness (QED) is 0.742. The van der Waals surface area contributed by atoms with Crippen LogP contribution in [-0.2, 0) is 0 Å². The SMILES string of the molecule is COc1ccc(N=Nc2c(=O)oc(O)c3ccccc23)cc1. The Morgan fingerprint density at radius 3 is 2.36 bits per heavy atom. The molecule has 0 saturated carbocycles. The molecule has 22 heavy (non-hydrogen) atoms. The summed E-state index contributed by atoms with van der Waals surface area (Å²) in [6.07, 6.45) is 0. The number of fused-ring (bicyclic) bond motifs is 1. The van der Waals surface area contributed by atoms with Crippen molar-refractivity contribution in [3.05, 3.63) is 59.0 Å². The van der Waals surface area contributed by atoms with Crippen LogP contribution in [0.15, 0.2) is 68.0 Å². The summed E-state index contributed by atoms with van der Waals surface area (Å²) >= 11 is 0. The first kappa shape index (κ1) is 13.8. The van der Waals surface area contributed by atoms with E-state index >= 15 is 0 Å². The van der Waals surface area contributed by atoms with Gasteiger partial charge in [0, 0.05) is 5.39 Å². The molecule has 0 amide bonds. The van der Waals surface area contributed by atoms with Gasteiger partial charge in [-0.25, -0.2) is 4.79 Å². The van der Waals surface area contributed by atoms with Crippen LogP contribution in [0.2, 0.25) is 0 Å². The zero-order valence-electron chi connectivity index (χ0n) is 11.7. The van der Waals surface area contributed by atoms with Crippen LogP contribution in [0.1, 0.15) is 0 Å². The highest BCUT2D eigenvalue weighted by Crippen LogP contribution is 2.30. The average Bonchev–Trinajstić information content (AvgIpc) is 2.55. The minimum absolute atomic E-state index is 0.0456. The molecule has 0 aliphatic heterocycles. The van der Waals surface area contributed by atoms with Crippen molar-refractivity contribution in [2.24, 2.45) is 10.2 Å². The third-order valence-electron chi connectivity index (χ3n) is 3.13. The van der Waals surface area contributed by atoms with E-state index in [4.69, 9.17) is 9.15 Å². The second-order valence-corrected chi connectivity index (χ2v) is 4.49. The van der Waals surface area contributed by atoms with Crippen molar-refractivity contribution in [1.82, 2.24) is 0 Å². The van der Waals surface area contributed by atoms with Gasteiger partial charge in [-0.3, -0.25) is 0 Å². The first-order valence-electron chi connectivity index (χ1n) is 6.49. The third kappa shape index (κ3) is 2.54. The van der Waals surface area contributed by atoms with Gasteiger partial charge in [0.25, 0.3) is 5.95 Å². The molecule has 0 unspecified atom stereocenters. The third-order valence-corrected chi connectivity index (χ3v) is 3.13. The lowest BCUT2D eigenvalue weighted by Crippen LogP contribution is -1.98. The smallest absolute Gasteiger partial charge is 0.367 e. The summed E-state index contributed by atoms with van der Waals surface area (Å²) in [6, 6.07) is 13.7. The molecule has 2 aromatic carbocycles. The van der Waals surface area contributed by atoms with E-state index in [2.05, 4.69) is 10.2 Å². The average molecular weight is 296 g/mol. The van der Waals surface area contributed by atoms with Crippen molar-refractivity contribution in [2.45, 2.75) is 0 Å². The summed E-state index contributed by atoms with van der Waals surface area (Å²) in [7, 11) is 1.57. The number of azo groups is 1. The Morgan fingerprint density at radius 1 is 1.00 bits per heavy atom. The van der Waals surface area contributed by atoms with Crippen LogP contribution in [0, 0.1) is 0 Å². The lowest BCUT2D eigenvalue weighted by atomic mass is 10.1. The normalized spacial score (nSPS) is 11.1. The maximum atomic E-state index is 11.9. The summed E-state index contributed by atoms with van der Waals surface area (Å²) < 4.78 is 9.83. The highest BCUT2D eigenvalue weighted by molar-refractivity contribution is 5.94. The molecule has 6 nitrogen and oxygen atoms in total. The second kappa shape index (κ2) is 5.69. The fourth-order valence-corrected chi connectivity index (χ4v) is 2.03. The van der Waals surface area contributed by atoms with E-state index < -0.39 is 11.6 Å². The van der Waals surface area contributed by atoms with Crippen LogP contribution in [-0.4, -0.2) is 12.2 Å². The first-order valence-corrected chi connectivity index (χ1v) is 6.49. The van der Waals surface area contributed by atoms with Crippen molar-refractivity contribution in [3.8, 4) is 11.7 Å². The van der Waals surface area contributed by atoms with Gasteiger partial charge >= 0.3 is 5.63 Å². The highest BCUT2D eigenvalue weighted by atomic mass is 16.5. The Hall–Kier alpha value is -3.15. The number of aromatic hydroxyl groups is 1. The van der Waals surface area contributed by atoms with Gasteiger partial charge in [0.1, 0.15) is 5.75 Å². The van der Waals surface area contributed by atoms with Gasteiger partial charge < -0.3 is 14.3 Å². The van der Waals surface area contributed by atoms with E-state index in [1.54, 1.807) is 55.6 Å². The lowest BCUT2D eigenvalue weighted by Gasteiger charge is -2.01. The molecule has 0 aliphatic rings. The second-order valence-electron chi connectivity index (χ2n) is 4.49. The van der Waals surface area contributed by atoms with E-state index in [1.807, 2.05) is 0 Å². The number of methoxy groups -OCH3 is 1. The number of rotatable bonds is 3. The highest BCUT2D eigenvalue weighted by Gasteiger charge is 2.11. The number of hydrogen-bond acceptors (Lipinski definition) is 6. The molecule has 3 rings (SSSR count). The van der Waals surface area contributed by atoms with E-state index in [0.29, 0.717) is 22.2 Å². The molecule has 1 aromatic heterocycles. The van der Waals surface area contributed by atoms with Crippen LogP contribution in [0.3, 0.4) is 0 Å². The van der Waals surface area contributed by atoms with Crippen molar-refractivity contribution in [3.63, 3.8) is 0 Å². The monoisotopic (exact) mass is 296 g/mol. The fourth-order valence-electron chi connectivity index (χ4n) is 2.03. The van der Waals surface area contributed by atoms with Crippen LogP contribution < -0.4 is 10.4 Å². The van der Waals surface area contributed by atoms with E-state index in [0.717, 1.165) is 0 Å². The molecule has 3 aromatic rings. The maximum Gasteiger partial charge on any atom is 0.367 e. The molecule has 0 spiro atoms. The molecule has 6 heteroatoms. The summed E-state index contributed by atoms with van der Waals surface area (Å²) in [5.74, 6) is 0.276. The van der Waals surface area contributed by atoms with Crippen LogP contribution in [0.4, 0.5) is 11.4 Å². The van der Waals surface area contributed by atoms with Crippen LogP contribution in [0.5, 0.6) is 11.7 Å². The topological polar surface area (TPSA) is 84.4 Å². The van der Waals surface area contributed by atoms with Crippen LogP contribution >= 0.6 is 0 Å². The molecule has 0 radical (unpaired) electrons. The standard InChI is InChI=1S/C16H12N2O4/c1-21-11-8-6-10(7-9-11)17-18-14-12-4-2-3-5-13(12)15(19)22-16(14)20/h2-9,19H,1H3. The predicted molar refractivity (Wildman–Crippen MR) is 81.3 cm³/mol. The van der Waals surface area contributed by atoms with E-state index in [-0.39, 0.29) is 5.69 Å². The summed E-state index contributed by atoms with van der Waals surface area (Å²) in [5, 5.41) is 18.5. The minimum atomic E-state index is -0.742. The Labute approximate surface area is 125 Å². The van der Waals surface area contributed by atoms with Gasteiger partial charge in [-0.1, -0.05) is 18.2 Å². The molecule has 0 aliphatic carbocycles. The van der Waals surface area contributed by atoms with E-state index in [1.165, 1.54) is 0 Å². The van der Waals surface area contributed by atoms with Gasteiger partial charge in [0.2, 0.25) is 0 Å². The molecule has 0 atom stereocenters. The number of hydrogen-bond donors (Lipinski definition) is 1. The Morgan fingerprint density at radius 2 is 1.68 bits per heavy atom. The molecule has 0 saturated heterocycles. The zero-order valence-corrected chi connectivity index (χ0v) is 11.7. The first-order chi connectivity index (χ1) is 10.7. The molecule has 110 valence electrons. The van der Waals surface area contributed by atoms with Crippen molar-refractivity contribution < 1.29 is 14.3 Å². The Balaban J connectivity index is 2.06. The Kier molecular flexibility index (Phi) is 3.57. The largest absolute Gasteiger partial charge is 0.497 e. The van der Waals surface area contributed by atoms with Gasteiger partial charge in [-0.15, -0.1) is 5.11 Å². The number of benzene rings is 2. The predicted octanol–water partition coefficient (Wildman–Crippen LogP) is 3.92. The zero-order chi connectivity index (χ0) is 15.5. The van der Waals surface area contributed by atoms with Gasteiger partial charge in [-0.05, 0) is 30.3 Å². The van der Waals surface area contributed by atoms with Gasteiger partial charge in [0.15, 0.2) is 5.69 Å². The fraction of sp³-hybridized carbons (Fsp3) is 0.0625. The number of ether oxygens (including phenoxy) is 1. The molecule has 0 fully saturated rings. The van der Waals surface area contributed by atoms with Crippen LogP contribution in [0.25, 0.3) is 10.8 Å². The lowest BCUT2D eigenvalue weighted by molar-refractivity contribution is 0.318. The molecule has 0 bridgehead atoms. The minimum Gasteiger partial charge on any atom is -0.497 e.